The standard InChI is InChI=1S/C20H21FN2O5/c1-12(24)14-7-18-19(28-11-27-18)8-16(14)22-20(25)10-23(2)9-13-4-5-17(26-3)15(21)6-13/h4-8H,9-11H2,1-3H3,(H,22,25). The van der Waals surface area contributed by atoms with E-state index in [1.54, 1.807) is 36.2 Å². The molecule has 1 aliphatic heterocycles. The van der Waals surface area contributed by atoms with Gasteiger partial charge < -0.3 is 19.5 Å². The predicted molar refractivity (Wildman–Crippen MR) is 100 cm³/mol. The van der Waals surface area contributed by atoms with Crippen LogP contribution in [0.15, 0.2) is 30.3 Å². The van der Waals surface area contributed by atoms with Gasteiger partial charge in [0.1, 0.15) is 0 Å². The molecular formula is C20H21FN2O5. The van der Waals surface area contributed by atoms with Crippen molar-refractivity contribution in [3.8, 4) is 17.2 Å². The van der Waals surface area contributed by atoms with Gasteiger partial charge in [-0.05, 0) is 37.7 Å². The molecule has 0 saturated carbocycles. The van der Waals surface area contributed by atoms with Gasteiger partial charge in [-0.15, -0.1) is 0 Å². The molecule has 7 nitrogen and oxygen atoms in total. The van der Waals surface area contributed by atoms with Crippen molar-refractivity contribution in [1.82, 2.24) is 4.90 Å². The molecule has 2 aromatic carbocycles. The van der Waals surface area contributed by atoms with Crippen molar-refractivity contribution in [2.45, 2.75) is 13.5 Å². The second-order valence-electron chi connectivity index (χ2n) is 6.50. The smallest absolute Gasteiger partial charge is 0.238 e. The summed E-state index contributed by atoms with van der Waals surface area (Å²) in [4.78, 5) is 26.0. The van der Waals surface area contributed by atoms with E-state index in [1.165, 1.54) is 20.1 Å². The number of nitrogens with zero attached hydrogens (tertiary/aromatic N) is 1. The van der Waals surface area contributed by atoms with E-state index in [1.807, 2.05) is 0 Å². The number of anilines is 1. The lowest BCUT2D eigenvalue weighted by atomic mass is 10.1. The highest BCUT2D eigenvalue weighted by Crippen LogP contribution is 2.37. The lowest BCUT2D eigenvalue weighted by Crippen LogP contribution is -2.30. The summed E-state index contributed by atoms with van der Waals surface area (Å²) in [5.74, 6) is 0.158. The fourth-order valence-corrected chi connectivity index (χ4v) is 2.95. The van der Waals surface area contributed by atoms with Crippen LogP contribution in [0, 0.1) is 5.82 Å². The first-order valence-corrected chi connectivity index (χ1v) is 8.62. The van der Waals surface area contributed by atoms with Crippen molar-refractivity contribution < 1.29 is 28.2 Å². The third kappa shape index (κ3) is 4.40. The fraction of sp³-hybridized carbons (Fsp3) is 0.300. The van der Waals surface area contributed by atoms with Crippen LogP contribution in [0.3, 0.4) is 0 Å². The number of halogens is 1. The molecule has 148 valence electrons. The second-order valence-corrected chi connectivity index (χ2v) is 6.50. The van der Waals surface area contributed by atoms with Gasteiger partial charge in [0.25, 0.3) is 0 Å². The zero-order valence-electron chi connectivity index (χ0n) is 15.9. The number of likely N-dealkylation sites (N-methyl/N-ethyl adjacent to an activating group) is 1. The molecule has 8 heteroatoms. The minimum Gasteiger partial charge on any atom is -0.494 e. The highest BCUT2D eigenvalue weighted by Gasteiger charge is 2.20. The summed E-state index contributed by atoms with van der Waals surface area (Å²) in [6.07, 6.45) is 0. The Morgan fingerprint density at radius 2 is 1.93 bits per heavy atom. The number of amides is 1. The molecule has 0 saturated heterocycles. The van der Waals surface area contributed by atoms with Gasteiger partial charge in [-0.1, -0.05) is 6.07 Å². The summed E-state index contributed by atoms with van der Waals surface area (Å²) in [7, 11) is 3.15. The quantitative estimate of drug-likeness (QED) is 0.735. The van der Waals surface area contributed by atoms with Gasteiger partial charge in [-0.25, -0.2) is 4.39 Å². The first-order chi connectivity index (χ1) is 13.4. The molecule has 0 fully saturated rings. The molecule has 0 aliphatic carbocycles. The minimum absolute atomic E-state index is 0.0550. The van der Waals surface area contributed by atoms with Crippen LogP contribution in [0.5, 0.6) is 17.2 Å². The number of hydrogen-bond donors (Lipinski definition) is 1. The van der Waals surface area contributed by atoms with E-state index in [0.717, 1.165) is 0 Å². The molecule has 1 amide bonds. The van der Waals surface area contributed by atoms with Crippen LogP contribution >= 0.6 is 0 Å². The van der Waals surface area contributed by atoms with Crippen molar-refractivity contribution in [1.29, 1.82) is 0 Å². The molecule has 1 heterocycles. The van der Waals surface area contributed by atoms with E-state index < -0.39 is 5.82 Å². The molecule has 1 aliphatic rings. The molecule has 0 aromatic heterocycles. The Morgan fingerprint density at radius 1 is 1.21 bits per heavy atom. The highest BCUT2D eigenvalue weighted by atomic mass is 19.1. The maximum atomic E-state index is 13.8. The number of carbonyl (C=O) groups is 2. The maximum absolute atomic E-state index is 13.8. The molecule has 1 N–H and O–H groups in total. The van der Waals surface area contributed by atoms with Gasteiger partial charge in [0.2, 0.25) is 12.7 Å². The average molecular weight is 388 g/mol. The number of fused-ring (bicyclic) bond motifs is 1. The fourth-order valence-electron chi connectivity index (χ4n) is 2.95. The molecule has 2 aromatic rings. The first-order valence-electron chi connectivity index (χ1n) is 8.62. The van der Waals surface area contributed by atoms with Crippen LogP contribution in [-0.2, 0) is 11.3 Å². The van der Waals surface area contributed by atoms with Crippen LogP contribution in [0.2, 0.25) is 0 Å². The third-order valence-electron chi connectivity index (χ3n) is 4.25. The average Bonchev–Trinajstić information content (AvgIpc) is 3.08. The highest BCUT2D eigenvalue weighted by molar-refractivity contribution is 6.05. The zero-order valence-corrected chi connectivity index (χ0v) is 15.9. The van der Waals surface area contributed by atoms with Crippen molar-refractivity contribution >= 4 is 17.4 Å². The van der Waals surface area contributed by atoms with Crippen LogP contribution in [0.4, 0.5) is 10.1 Å². The van der Waals surface area contributed by atoms with Gasteiger partial charge in [-0.2, -0.15) is 0 Å². The monoisotopic (exact) mass is 388 g/mol. The Kier molecular flexibility index (Phi) is 5.79. The number of nitrogens with one attached hydrogen (secondary N) is 1. The summed E-state index contributed by atoms with van der Waals surface area (Å²) < 4.78 is 29.3. The van der Waals surface area contributed by atoms with Crippen molar-refractivity contribution in [3.05, 3.63) is 47.3 Å². The van der Waals surface area contributed by atoms with Crippen molar-refractivity contribution in [3.63, 3.8) is 0 Å². The van der Waals surface area contributed by atoms with Gasteiger partial charge >= 0.3 is 0 Å². The number of benzene rings is 2. The lowest BCUT2D eigenvalue weighted by Gasteiger charge is -2.17. The normalized spacial score (nSPS) is 12.2. The Hall–Kier alpha value is -3.13. The topological polar surface area (TPSA) is 77.1 Å². The van der Waals surface area contributed by atoms with Crippen LogP contribution in [0.1, 0.15) is 22.8 Å². The van der Waals surface area contributed by atoms with E-state index in [-0.39, 0.29) is 30.8 Å². The number of ketones is 1. The van der Waals surface area contributed by atoms with Crippen LogP contribution in [-0.4, -0.2) is 44.1 Å². The zero-order chi connectivity index (χ0) is 20.3. The Bertz CT molecular complexity index is 916. The number of carbonyl (C=O) groups excluding carboxylic acids is 2. The van der Waals surface area contributed by atoms with E-state index >= 15 is 0 Å². The maximum Gasteiger partial charge on any atom is 0.238 e. The summed E-state index contributed by atoms with van der Waals surface area (Å²) in [6.45, 7) is 1.91. The van der Waals surface area contributed by atoms with Gasteiger partial charge in [0.05, 0.1) is 19.3 Å². The molecule has 28 heavy (non-hydrogen) atoms. The largest absolute Gasteiger partial charge is 0.494 e. The molecular weight excluding hydrogens is 367 g/mol. The van der Waals surface area contributed by atoms with Crippen molar-refractivity contribution in [2.75, 3.05) is 32.8 Å². The number of rotatable bonds is 7. The van der Waals surface area contributed by atoms with Crippen LogP contribution < -0.4 is 19.5 Å². The molecule has 0 unspecified atom stereocenters. The minimum atomic E-state index is -0.454. The van der Waals surface area contributed by atoms with Gasteiger partial charge in [0.15, 0.2) is 28.8 Å². The predicted octanol–water partition coefficient (Wildman–Crippen LogP) is 2.84. The summed E-state index contributed by atoms with van der Waals surface area (Å²) in [5, 5.41) is 2.74. The van der Waals surface area contributed by atoms with Gasteiger partial charge in [0, 0.05) is 18.2 Å². The molecule has 0 spiro atoms. The number of Topliss-reactive ketones (excluding diaryl/α,β-unsaturated/α-hetero) is 1. The van der Waals surface area contributed by atoms with E-state index in [4.69, 9.17) is 14.2 Å². The van der Waals surface area contributed by atoms with E-state index in [2.05, 4.69) is 5.32 Å². The molecule has 3 rings (SSSR count). The van der Waals surface area contributed by atoms with E-state index in [9.17, 15) is 14.0 Å². The summed E-state index contributed by atoms with van der Waals surface area (Å²) >= 11 is 0. The van der Waals surface area contributed by atoms with Crippen LogP contribution in [0.25, 0.3) is 0 Å². The summed E-state index contributed by atoms with van der Waals surface area (Å²) in [5.41, 5.74) is 1.42. The Morgan fingerprint density at radius 3 is 2.57 bits per heavy atom. The second kappa shape index (κ2) is 8.26. The third-order valence-corrected chi connectivity index (χ3v) is 4.25. The molecule has 0 radical (unpaired) electrons. The SMILES string of the molecule is COc1ccc(CN(C)CC(=O)Nc2cc3c(cc2C(C)=O)OCO3)cc1F. The Balaban J connectivity index is 1.65. The number of hydrogen-bond acceptors (Lipinski definition) is 6. The number of ether oxygens (including phenoxy) is 3. The summed E-state index contributed by atoms with van der Waals surface area (Å²) in [6, 6.07) is 7.80. The van der Waals surface area contributed by atoms with Crippen molar-refractivity contribution in [2.24, 2.45) is 0 Å². The first kappa shape index (κ1) is 19.6. The Labute approximate surface area is 162 Å². The molecule has 0 atom stereocenters. The lowest BCUT2D eigenvalue weighted by molar-refractivity contribution is -0.117. The van der Waals surface area contributed by atoms with Gasteiger partial charge in [-0.3, -0.25) is 14.5 Å². The number of methoxy groups -OCH3 is 1. The van der Waals surface area contributed by atoms with E-state index in [0.29, 0.717) is 34.9 Å². The molecule has 0 bridgehead atoms.